The molecular formula is C20H22N4O4S. The van der Waals surface area contributed by atoms with Crippen LogP contribution in [-0.2, 0) is 14.3 Å². The van der Waals surface area contributed by atoms with Gasteiger partial charge in [-0.3, -0.25) is 9.59 Å². The molecule has 0 spiro atoms. The van der Waals surface area contributed by atoms with Gasteiger partial charge in [0.1, 0.15) is 5.01 Å². The standard InChI is InChI=1S/C20H22N4O4S/c1-12-18(23-28-19(12)20-22-21-13(2)29-20)14(11-17(26)27-4)10-16(25)24(3)15-8-6-5-7-9-15/h5-9,14H,10-11H2,1-4H3/t14-/m0/s1. The third-order valence-electron chi connectivity index (χ3n) is 4.65. The molecule has 3 aromatic rings. The molecule has 0 fully saturated rings. The van der Waals surface area contributed by atoms with Gasteiger partial charge in [0.2, 0.25) is 11.7 Å². The van der Waals surface area contributed by atoms with Crippen LogP contribution in [0, 0.1) is 13.8 Å². The second-order valence-corrected chi connectivity index (χ2v) is 7.80. The van der Waals surface area contributed by atoms with Gasteiger partial charge in [0.25, 0.3) is 0 Å². The molecule has 2 aromatic heterocycles. The maximum absolute atomic E-state index is 12.9. The van der Waals surface area contributed by atoms with Crippen molar-refractivity contribution < 1.29 is 18.8 Å². The number of benzene rings is 1. The number of para-hydroxylation sites is 1. The fraction of sp³-hybridized carbons (Fsp3) is 0.350. The third-order valence-corrected chi connectivity index (χ3v) is 5.48. The summed E-state index contributed by atoms with van der Waals surface area (Å²) in [4.78, 5) is 26.4. The smallest absolute Gasteiger partial charge is 0.306 e. The Bertz CT molecular complexity index is 999. The number of hydrogen-bond acceptors (Lipinski definition) is 8. The van der Waals surface area contributed by atoms with E-state index < -0.39 is 11.9 Å². The minimum atomic E-state index is -0.479. The average Bonchev–Trinajstić information content (AvgIpc) is 3.32. The molecule has 3 rings (SSSR count). The number of ether oxygens (including phenoxy) is 1. The summed E-state index contributed by atoms with van der Waals surface area (Å²) in [5, 5.41) is 13.7. The summed E-state index contributed by atoms with van der Waals surface area (Å²) in [6.07, 6.45) is 0.106. The monoisotopic (exact) mass is 414 g/mol. The highest BCUT2D eigenvalue weighted by molar-refractivity contribution is 7.14. The second-order valence-electron chi connectivity index (χ2n) is 6.62. The molecule has 9 heteroatoms. The summed E-state index contributed by atoms with van der Waals surface area (Å²) in [7, 11) is 3.03. The summed E-state index contributed by atoms with van der Waals surface area (Å²) in [6.45, 7) is 3.69. The van der Waals surface area contributed by atoms with Crippen molar-refractivity contribution in [2.24, 2.45) is 0 Å². The van der Waals surface area contributed by atoms with Crippen molar-refractivity contribution in [1.82, 2.24) is 15.4 Å². The van der Waals surface area contributed by atoms with Crippen molar-refractivity contribution in [3.05, 3.63) is 46.6 Å². The number of hydrogen-bond donors (Lipinski definition) is 0. The first-order chi connectivity index (χ1) is 13.9. The third kappa shape index (κ3) is 4.68. The first kappa shape index (κ1) is 20.7. The number of esters is 1. The highest BCUT2D eigenvalue weighted by Gasteiger charge is 2.29. The van der Waals surface area contributed by atoms with E-state index in [0.29, 0.717) is 16.5 Å². The molecule has 0 saturated carbocycles. The summed E-state index contributed by atoms with van der Waals surface area (Å²) < 4.78 is 10.3. The largest absolute Gasteiger partial charge is 0.469 e. The maximum atomic E-state index is 12.9. The Morgan fingerprint density at radius 1 is 1.17 bits per heavy atom. The molecule has 1 aromatic carbocycles. The summed E-state index contributed by atoms with van der Waals surface area (Å²) in [6, 6.07) is 9.32. The van der Waals surface area contributed by atoms with Gasteiger partial charge in [-0.2, -0.15) is 0 Å². The van der Waals surface area contributed by atoms with Gasteiger partial charge in [0, 0.05) is 30.6 Å². The number of aromatic nitrogens is 3. The van der Waals surface area contributed by atoms with Gasteiger partial charge in [-0.15, -0.1) is 10.2 Å². The molecule has 0 aliphatic heterocycles. The van der Waals surface area contributed by atoms with Crippen LogP contribution in [0.5, 0.6) is 0 Å². The number of methoxy groups -OCH3 is 1. The van der Waals surface area contributed by atoms with Gasteiger partial charge < -0.3 is 14.2 Å². The van der Waals surface area contributed by atoms with Crippen molar-refractivity contribution in [2.45, 2.75) is 32.6 Å². The molecular weight excluding hydrogens is 392 g/mol. The average molecular weight is 414 g/mol. The molecule has 1 amide bonds. The SMILES string of the molecule is COC(=O)C[C@H](CC(=O)N(C)c1ccccc1)c1noc(-c2nnc(C)s2)c1C. The van der Waals surface area contributed by atoms with Crippen LogP contribution in [0.4, 0.5) is 5.69 Å². The molecule has 0 aliphatic rings. The highest BCUT2D eigenvalue weighted by Crippen LogP contribution is 2.34. The lowest BCUT2D eigenvalue weighted by molar-refractivity contribution is -0.141. The Hall–Kier alpha value is -3.07. The molecule has 0 saturated heterocycles. The summed E-state index contributed by atoms with van der Waals surface area (Å²) >= 11 is 1.39. The lowest BCUT2D eigenvalue weighted by Gasteiger charge is -2.20. The van der Waals surface area contributed by atoms with Crippen molar-refractivity contribution >= 4 is 28.9 Å². The first-order valence-electron chi connectivity index (χ1n) is 9.05. The van der Waals surface area contributed by atoms with Crippen molar-refractivity contribution in [3.63, 3.8) is 0 Å². The highest BCUT2D eigenvalue weighted by atomic mass is 32.1. The molecule has 1 atom stereocenters. The van der Waals surface area contributed by atoms with Gasteiger partial charge in [0.15, 0.2) is 5.01 Å². The first-order valence-corrected chi connectivity index (χ1v) is 9.87. The predicted molar refractivity (Wildman–Crippen MR) is 109 cm³/mol. The van der Waals surface area contributed by atoms with E-state index in [4.69, 9.17) is 9.26 Å². The number of rotatable bonds is 7. The Morgan fingerprint density at radius 2 is 1.90 bits per heavy atom. The number of amides is 1. The maximum Gasteiger partial charge on any atom is 0.306 e. The summed E-state index contributed by atoms with van der Waals surface area (Å²) in [5.41, 5.74) is 2.06. The lowest BCUT2D eigenvalue weighted by atomic mass is 9.93. The van der Waals surface area contributed by atoms with Crippen LogP contribution in [0.1, 0.15) is 35.0 Å². The van der Waals surface area contributed by atoms with E-state index >= 15 is 0 Å². The fourth-order valence-corrected chi connectivity index (χ4v) is 3.74. The van der Waals surface area contributed by atoms with E-state index in [-0.39, 0.29) is 18.7 Å². The van der Waals surface area contributed by atoms with Crippen LogP contribution in [0.25, 0.3) is 10.8 Å². The number of aryl methyl sites for hydroxylation is 1. The molecule has 0 N–H and O–H groups in total. The van der Waals surface area contributed by atoms with E-state index in [1.807, 2.05) is 44.2 Å². The van der Waals surface area contributed by atoms with E-state index in [1.54, 1.807) is 11.9 Å². The van der Waals surface area contributed by atoms with Gasteiger partial charge >= 0.3 is 5.97 Å². The zero-order valence-electron chi connectivity index (χ0n) is 16.7. The molecule has 0 aliphatic carbocycles. The molecule has 8 nitrogen and oxygen atoms in total. The lowest BCUT2D eigenvalue weighted by Crippen LogP contribution is -2.28. The van der Waals surface area contributed by atoms with E-state index in [2.05, 4.69) is 15.4 Å². The molecule has 152 valence electrons. The van der Waals surface area contributed by atoms with Gasteiger partial charge in [-0.1, -0.05) is 34.7 Å². The van der Waals surface area contributed by atoms with E-state index in [9.17, 15) is 9.59 Å². The van der Waals surface area contributed by atoms with Crippen molar-refractivity contribution in [2.75, 3.05) is 19.1 Å². The van der Waals surface area contributed by atoms with Crippen LogP contribution < -0.4 is 4.90 Å². The number of nitrogens with zero attached hydrogens (tertiary/aromatic N) is 4. The number of carbonyl (C=O) groups is 2. The van der Waals surface area contributed by atoms with Crippen molar-refractivity contribution in [1.29, 1.82) is 0 Å². The number of carbonyl (C=O) groups excluding carboxylic acids is 2. The Kier molecular flexibility index (Phi) is 6.38. The van der Waals surface area contributed by atoms with Crippen LogP contribution in [-0.4, -0.2) is 41.4 Å². The van der Waals surface area contributed by atoms with E-state index in [0.717, 1.165) is 16.3 Å². The van der Waals surface area contributed by atoms with Gasteiger partial charge in [0.05, 0.1) is 19.2 Å². The Morgan fingerprint density at radius 3 is 2.52 bits per heavy atom. The predicted octanol–water partition coefficient (Wildman–Crippen LogP) is 3.51. The minimum Gasteiger partial charge on any atom is -0.469 e. The van der Waals surface area contributed by atoms with Crippen LogP contribution in [0.3, 0.4) is 0 Å². The molecule has 0 radical (unpaired) electrons. The Balaban J connectivity index is 1.87. The zero-order chi connectivity index (χ0) is 21.0. The molecule has 29 heavy (non-hydrogen) atoms. The van der Waals surface area contributed by atoms with Crippen molar-refractivity contribution in [3.8, 4) is 10.8 Å². The van der Waals surface area contributed by atoms with Gasteiger partial charge in [-0.05, 0) is 26.0 Å². The van der Waals surface area contributed by atoms with Crippen LogP contribution in [0.15, 0.2) is 34.9 Å². The van der Waals surface area contributed by atoms with Crippen LogP contribution >= 0.6 is 11.3 Å². The van der Waals surface area contributed by atoms with E-state index in [1.165, 1.54) is 18.4 Å². The second kappa shape index (κ2) is 8.95. The molecule has 0 unspecified atom stereocenters. The fourth-order valence-electron chi connectivity index (χ4n) is 3.01. The molecule has 2 heterocycles. The minimum absolute atomic E-state index is 0.0207. The molecule has 0 bridgehead atoms. The topological polar surface area (TPSA) is 98.4 Å². The number of anilines is 1. The summed E-state index contributed by atoms with van der Waals surface area (Å²) in [5.74, 6) is -0.529. The van der Waals surface area contributed by atoms with Crippen LogP contribution in [0.2, 0.25) is 0 Å². The van der Waals surface area contributed by atoms with Gasteiger partial charge in [-0.25, -0.2) is 0 Å². The normalized spacial score (nSPS) is 11.9. The quantitative estimate of drug-likeness (QED) is 0.546. The Labute approximate surface area is 172 Å². The zero-order valence-corrected chi connectivity index (χ0v) is 17.5.